The van der Waals surface area contributed by atoms with Crippen molar-refractivity contribution in [2.45, 2.75) is 18.8 Å². The zero-order chi connectivity index (χ0) is 13.2. The van der Waals surface area contributed by atoms with Crippen LogP contribution in [0.15, 0.2) is 55.6 Å². The molecule has 3 nitrogen and oxygen atoms in total. The summed E-state index contributed by atoms with van der Waals surface area (Å²) in [6, 6.07) is 9.86. The zero-order valence-electron chi connectivity index (χ0n) is 10.5. The predicted octanol–water partition coefficient (Wildman–Crippen LogP) is 2.32. The highest BCUT2D eigenvalue weighted by atomic mass is 16.5. The Morgan fingerprint density at radius 1 is 1.22 bits per heavy atom. The second kappa shape index (κ2) is 8.64. The van der Waals surface area contributed by atoms with Crippen LogP contribution < -0.4 is 0 Å². The van der Waals surface area contributed by atoms with Crippen LogP contribution in [0.4, 0.5) is 0 Å². The highest BCUT2D eigenvalue weighted by Crippen LogP contribution is 2.06. The summed E-state index contributed by atoms with van der Waals surface area (Å²) in [6.07, 6.45) is 1.93. The highest BCUT2D eigenvalue weighted by Gasteiger charge is 2.16. The quantitative estimate of drug-likeness (QED) is 0.682. The number of hydrogen-bond donors (Lipinski definition) is 1. The average Bonchev–Trinajstić information content (AvgIpc) is 2.43. The van der Waals surface area contributed by atoms with Gasteiger partial charge in [0.15, 0.2) is 0 Å². The largest absolute Gasteiger partial charge is 0.386 e. The molecule has 0 heterocycles. The van der Waals surface area contributed by atoms with E-state index in [1.54, 1.807) is 6.08 Å². The lowest BCUT2D eigenvalue weighted by atomic mass is 10.2. The van der Waals surface area contributed by atoms with E-state index in [4.69, 9.17) is 9.47 Å². The standard InChI is InChI=1S/C15H20O3/c1-3-10-18-15(14(16)4-2)12-17-11-13-8-6-5-7-9-13/h3-9,14-16H,1-2,10-12H2. The molecule has 98 valence electrons. The van der Waals surface area contributed by atoms with Crippen molar-refractivity contribution in [1.82, 2.24) is 0 Å². The third kappa shape index (κ3) is 5.27. The van der Waals surface area contributed by atoms with Crippen molar-refractivity contribution in [1.29, 1.82) is 0 Å². The maximum Gasteiger partial charge on any atom is 0.111 e. The summed E-state index contributed by atoms with van der Waals surface area (Å²) in [7, 11) is 0. The van der Waals surface area contributed by atoms with E-state index in [1.165, 1.54) is 6.08 Å². The van der Waals surface area contributed by atoms with Crippen molar-refractivity contribution in [3.63, 3.8) is 0 Å². The Balaban J connectivity index is 2.36. The van der Waals surface area contributed by atoms with Gasteiger partial charge >= 0.3 is 0 Å². The summed E-state index contributed by atoms with van der Waals surface area (Å²) in [5.74, 6) is 0. The molecule has 0 aliphatic rings. The van der Waals surface area contributed by atoms with Crippen LogP contribution in [0.1, 0.15) is 5.56 Å². The molecule has 1 rings (SSSR count). The fourth-order valence-electron chi connectivity index (χ4n) is 1.46. The first-order valence-electron chi connectivity index (χ1n) is 5.92. The molecule has 0 aliphatic carbocycles. The Kier molecular flexibility index (Phi) is 7.03. The minimum atomic E-state index is -0.735. The number of ether oxygens (including phenoxy) is 2. The average molecular weight is 248 g/mol. The van der Waals surface area contributed by atoms with Gasteiger partial charge in [0.25, 0.3) is 0 Å². The molecule has 0 aliphatic heterocycles. The molecule has 0 saturated heterocycles. The number of hydrogen-bond acceptors (Lipinski definition) is 3. The Morgan fingerprint density at radius 2 is 1.94 bits per heavy atom. The van der Waals surface area contributed by atoms with Gasteiger partial charge in [0, 0.05) is 0 Å². The topological polar surface area (TPSA) is 38.7 Å². The monoisotopic (exact) mass is 248 g/mol. The summed E-state index contributed by atoms with van der Waals surface area (Å²) >= 11 is 0. The van der Waals surface area contributed by atoms with Crippen LogP contribution in [0.3, 0.4) is 0 Å². The van der Waals surface area contributed by atoms with E-state index in [9.17, 15) is 5.11 Å². The fraction of sp³-hybridized carbons (Fsp3) is 0.333. The maximum atomic E-state index is 9.68. The van der Waals surface area contributed by atoms with Crippen molar-refractivity contribution in [2.75, 3.05) is 13.2 Å². The van der Waals surface area contributed by atoms with Crippen molar-refractivity contribution in [3.05, 3.63) is 61.2 Å². The molecular weight excluding hydrogens is 228 g/mol. The fourth-order valence-corrected chi connectivity index (χ4v) is 1.46. The molecule has 0 radical (unpaired) electrons. The second-order valence-electron chi connectivity index (χ2n) is 3.89. The van der Waals surface area contributed by atoms with Crippen LogP contribution in [0.5, 0.6) is 0 Å². The molecule has 3 heteroatoms. The van der Waals surface area contributed by atoms with Crippen molar-refractivity contribution >= 4 is 0 Å². The van der Waals surface area contributed by atoms with Crippen LogP contribution in [0.2, 0.25) is 0 Å². The molecule has 2 unspecified atom stereocenters. The van der Waals surface area contributed by atoms with E-state index in [0.29, 0.717) is 19.8 Å². The molecule has 0 saturated carbocycles. The smallest absolute Gasteiger partial charge is 0.111 e. The van der Waals surface area contributed by atoms with E-state index in [2.05, 4.69) is 13.2 Å². The van der Waals surface area contributed by atoms with Gasteiger partial charge in [-0.2, -0.15) is 0 Å². The van der Waals surface area contributed by atoms with Crippen LogP contribution >= 0.6 is 0 Å². The maximum absolute atomic E-state index is 9.68. The Hall–Kier alpha value is -1.42. The van der Waals surface area contributed by atoms with E-state index >= 15 is 0 Å². The summed E-state index contributed by atoms with van der Waals surface area (Å²) in [5, 5.41) is 9.68. The van der Waals surface area contributed by atoms with Gasteiger partial charge in [0.2, 0.25) is 0 Å². The summed E-state index contributed by atoms with van der Waals surface area (Å²) < 4.78 is 11.0. The molecule has 1 aromatic rings. The van der Waals surface area contributed by atoms with Gasteiger partial charge in [0.1, 0.15) is 12.2 Å². The van der Waals surface area contributed by atoms with Crippen LogP contribution in [-0.4, -0.2) is 30.5 Å². The lowest BCUT2D eigenvalue weighted by molar-refractivity contribution is -0.0595. The number of benzene rings is 1. The highest BCUT2D eigenvalue weighted by molar-refractivity contribution is 5.13. The van der Waals surface area contributed by atoms with Crippen molar-refractivity contribution < 1.29 is 14.6 Å². The zero-order valence-corrected chi connectivity index (χ0v) is 10.5. The van der Waals surface area contributed by atoms with Gasteiger partial charge < -0.3 is 14.6 Å². The van der Waals surface area contributed by atoms with Crippen molar-refractivity contribution in [2.24, 2.45) is 0 Å². The van der Waals surface area contributed by atoms with E-state index < -0.39 is 12.2 Å². The third-order valence-corrected chi connectivity index (χ3v) is 2.44. The first-order chi connectivity index (χ1) is 8.77. The Labute approximate surface area is 108 Å². The van der Waals surface area contributed by atoms with Gasteiger partial charge in [-0.05, 0) is 5.56 Å². The van der Waals surface area contributed by atoms with Gasteiger partial charge in [-0.3, -0.25) is 0 Å². The third-order valence-electron chi connectivity index (χ3n) is 2.44. The van der Waals surface area contributed by atoms with Crippen molar-refractivity contribution in [3.8, 4) is 0 Å². The van der Waals surface area contributed by atoms with Crippen LogP contribution in [-0.2, 0) is 16.1 Å². The molecule has 0 spiro atoms. The lowest BCUT2D eigenvalue weighted by Crippen LogP contribution is -2.32. The Morgan fingerprint density at radius 3 is 2.56 bits per heavy atom. The number of rotatable bonds is 9. The minimum absolute atomic E-state index is 0.315. The molecule has 0 aromatic heterocycles. The van der Waals surface area contributed by atoms with Gasteiger partial charge in [-0.1, -0.05) is 42.5 Å². The molecule has 18 heavy (non-hydrogen) atoms. The molecule has 0 bridgehead atoms. The Bertz CT molecular complexity index is 348. The number of aliphatic hydroxyl groups is 1. The summed E-state index contributed by atoms with van der Waals surface area (Å²) in [6.45, 7) is 8.31. The molecule has 0 fully saturated rings. The van der Waals surface area contributed by atoms with Gasteiger partial charge in [-0.15, -0.1) is 13.2 Å². The molecule has 1 aromatic carbocycles. The van der Waals surface area contributed by atoms with Crippen LogP contribution in [0.25, 0.3) is 0 Å². The van der Waals surface area contributed by atoms with E-state index in [1.807, 2.05) is 30.3 Å². The molecule has 2 atom stereocenters. The van der Waals surface area contributed by atoms with E-state index in [-0.39, 0.29) is 0 Å². The number of aliphatic hydroxyl groups excluding tert-OH is 1. The molecule has 0 amide bonds. The second-order valence-corrected chi connectivity index (χ2v) is 3.89. The van der Waals surface area contributed by atoms with Crippen LogP contribution in [0, 0.1) is 0 Å². The minimum Gasteiger partial charge on any atom is -0.386 e. The van der Waals surface area contributed by atoms with Gasteiger partial charge in [0.05, 0.1) is 19.8 Å². The predicted molar refractivity (Wildman–Crippen MR) is 72.2 cm³/mol. The molecule has 1 N–H and O–H groups in total. The molecular formula is C15H20O3. The SMILES string of the molecule is C=CCOC(COCc1ccccc1)C(O)C=C. The van der Waals surface area contributed by atoms with Gasteiger partial charge in [-0.25, -0.2) is 0 Å². The first kappa shape index (κ1) is 14.6. The summed E-state index contributed by atoms with van der Waals surface area (Å²) in [5.41, 5.74) is 1.09. The summed E-state index contributed by atoms with van der Waals surface area (Å²) in [4.78, 5) is 0. The van der Waals surface area contributed by atoms with E-state index in [0.717, 1.165) is 5.56 Å². The normalized spacial score (nSPS) is 13.8. The lowest BCUT2D eigenvalue weighted by Gasteiger charge is -2.20. The first-order valence-corrected chi connectivity index (χ1v) is 5.92.